The Morgan fingerprint density at radius 2 is 2.05 bits per heavy atom. The van der Waals surface area contributed by atoms with E-state index in [9.17, 15) is 21.6 Å². The minimum absolute atomic E-state index is 0.0400. The molecular formula is C10H11ClF3NO3S. The van der Waals surface area contributed by atoms with E-state index in [1.807, 2.05) is 4.72 Å². The molecule has 0 radical (unpaired) electrons. The zero-order chi connectivity index (χ0) is 14.7. The van der Waals surface area contributed by atoms with Gasteiger partial charge in [-0.15, -0.1) is 0 Å². The van der Waals surface area contributed by atoms with Crippen LogP contribution in [0.4, 0.5) is 18.9 Å². The first-order chi connectivity index (χ1) is 8.63. The summed E-state index contributed by atoms with van der Waals surface area (Å²) in [6, 6.07) is 3.11. The Balaban J connectivity index is 2.84. The Morgan fingerprint density at radius 1 is 1.42 bits per heavy atom. The highest BCUT2D eigenvalue weighted by molar-refractivity contribution is 7.92. The van der Waals surface area contributed by atoms with Crippen LogP contribution in [0.25, 0.3) is 0 Å². The second-order valence-corrected chi connectivity index (χ2v) is 6.03. The summed E-state index contributed by atoms with van der Waals surface area (Å²) >= 11 is 4.62. The van der Waals surface area contributed by atoms with Crippen LogP contribution in [0.5, 0.6) is 5.75 Å². The molecule has 0 aliphatic rings. The number of hydrogen-bond acceptors (Lipinski definition) is 3. The summed E-state index contributed by atoms with van der Waals surface area (Å²) < 4.78 is 67.6. The van der Waals surface area contributed by atoms with Gasteiger partial charge in [-0.1, -0.05) is 0 Å². The molecule has 0 spiro atoms. The largest absolute Gasteiger partial charge is 0.494 e. The molecule has 0 bridgehead atoms. The fourth-order valence-corrected chi connectivity index (χ4v) is 2.56. The Morgan fingerprint density at radius 3 is 2.58 bits per heavy atom. The van der Waals surface area contributed by atoms with Gasteiger partial charge in [-0.3, -0.25) is 4.72 Å². The van der Waals surface area contributed by atoms with Crippen molar-refractivity contribution in [1.82, 2.24) is 0 Å². The molecule has 0 unspecified atom stereocenters. The summed E-state index contributed by atoms with van der Waals surface area (Å²) in [7, 11) is -2.81. The number of alkyl halides is 3. The molecule has 0 aliphatic heterocycles. The van der Waals surface area contributed by atoms with Crippen molar-refractivity contribution in [2.24, 2.45) is 0 Å². The van der Waals surface area contributed by atoms with Gasteiger partial charge < -0.3 is 4.74 Å². The Labute approximate surface area is 113 Å². The van der Waals surface area contributed by atoms with Crippen molar-refractivity contribution in [3.63, 3.8) is 0 Å². The van der Waals surface area contributed by atoms with Gasteiger partial charge in [0.1, 0.15) is 11.6 Å². The molecule has 108 valence electrons. The van der Waals surface area contributed by atoms with Crippen LogP contribution in [-0.2, 0) is 10.0 Å². The van der Waals surface area contributed by atoms with Crippen molar-refractivity contribution in [2.75, 3.05) is 17.6 Å². The quantitative estimate of drug-likeness (QED) is 0.821. The molecule has 4 nitrogen and oxygen atoms in total. The van der Waals surface area contributed by atoms with Crippen LogP contribution in [0.2, 0.25) is 0 Å². The fourth-order valence-electron chi connectivity index (χ4n) is 1.22. The Hall–Kier alpha value is -1.15. The van der Waals surface area contributed by atoms with Gasteiger partial charge in [0.25, 0.3) is 0 Å². The zero-order valence-electron chi connectivity index (χ0n) is 9.79. The number of ether oxygens (including phenoxy) is 1. The van der Waals surface area contributed by atoms with Crippen LogP contribution in [-0.4, -0.2) is 26.7 Å². The highest BCUT2D eigenvalue weighted by atomic mass is 35.5. The Kier molecular flexibility index (Phi) is 4.92. The molecule has 0 atom stereocenters. The van der Waals surface area contributed by atoms with E-state index in [2.05, 4.69) is 11.6 Å². The van der Waals surface area contributed by atoms with Crippen LogP contribution in [0.1, 0.15) is 6.42 Å². The van der Waals surface area contributed by atoms with E-state index in [-0.39, 0.29) is 11.4 Å². The van der Waals surface area contributed by atoms with Crippen molar-refractivity contribution < 1.29 is 26.3 Å². The number of hydrogen-bond donors (Lipinski definition) is 1. The van der Waals surface area contributed by atoms with Gasteiger partial charge >= 0.3 is 5.38 Å². The summed E-state index contributed by atoms with van der Waals surface area (Å²) in [5, 5.41) is -3.60. The average Bonchev–Trinajstić information content (AvgIpc) is 2.28. The zero-order valence-corrected chi connectivity index (χ0v) is 11.4. The molecule has 19 heavy (non-hydrogen) atoms. The molecule has 1 aromatic rings. The maximum absolute atomic E-state index is 12.9. The van der Waals surface area contributed by atoms with Crippen molar-refractivity contribution in [1.29, 1.82) is 0 Å². The lowest BCUT2D eigenvalue weighted by molar-refractivity contribution is 0.0929. The second-order valence-electron chi connectivity index (χ2n) is 3.63. The van der Waals surface area contributed by atoms with Crippen molar-refractivity contribution in [3.05, 3.63) is 24.0 Å². The van der Waals surface area contributed by atoms with Crippen molar-refractivity contribution in [3.8, 4) is 5.75 Å². The standard InChI is InChI=1S/C10H11ClF3NO3S/c1-18-9-6-7(12)2-3-8(9)15-19(16,17)5-4-10(11,13)14/h2-3,6,15H,4-5H2,1H3. The third-order valence-electron chi connectivity index (χ3n) is 2.08. The highest BCUT2D eigenvalue weighted by Crippen LogP contribution is 2.27. The fraction of sp³-hybridized carbons (Fsp3) is 0.400. The van der Waals surface area contributed by atoms with Crippen LogP contribution >= 0.6 is 11.6 Å². The summed E-state index contributed by atoms with van der Waals surface area (Å²) in [5.41, 5.74) is -0.0400. The normalized spacial score (nSPS) is 12.3. The first kappa shape index (κ1) is 15.9. The maximum atomic E-state index is 12.9. The monoisotopic (exact) mass is 317 g/mol. The minimum atomic E-state index is -4.03. The van der Waals surface area contributed by atoms with Crippen molar-refractivity contribution >= 4 is 27.3 Å². The molecule has 0 aromatic heterocycles. The number of anilines is 1. The lowest BCUT2D eigenvalue weighted by atomic mass is 10.3. The van der Waals surface area contributed by atoms with Crippen LogP contribution in [0.15, 0.2) is 18.2 Å². The highest BCUT2D eigenvalue weighted by Gasteiger charge is 2.28. The predicted octanol–water partition coefficient (Wildman–Crippen LogP) is 2.80. The van der Waals surface area contributed by atoms with E-state index in [1.165, 1.54) is 7.11 Å². The van der Waals surface area contributed by atoms with Gasteiger partial charge in [0.15, 0.2) is 0 Å². The van der Waals surface area contributed by atoms with Gasteiger partial charge in [0.05, 0.1) is 18.6 Å². The molecule has 0 fully saturated rings. The second kappa shape index (κ2) is 5.87. The summed E-state index contributed by atoms with van der Waals surface area (Å²) in [6.45, 7) is 0. The molecule has 1 aromatic carbocycles. The third kappa shape index (κ3) is 5.56. The van der Waals surface area contributed by atoms with Gasteiger partial charge in [0.2, 0.25) is 10.0 Å². The minimum Gasteiger partial charge on any atom is -0.494 e. The molecule has 0 heterocycles. The van der Waals surface area contributed by atoms with E-state index in [1.54, 1.807) is 0 Å². The van der Waals surface area contributed by atoms with Gasteiger partial charge in [-0.25, -0.2) is 12.8 Å². The van der Waals surface area contributed by atoms with E-state index in [0.717, 1.165) is 18.2 Å². The number of rotatable bonds is 6. The van der Waals surface area contributed by atoms with E-state index in [4.69, 9.17) is 4.74 Å². The van der Waals surface area contributed by atoms with Crippen molar-refractivity contribution in [2.45, 2.75) is 11.8 Å². The first-order valence-corrected chi connectivity index (χ1v) is 7.07. The predicted molar refractivity (Wildman–Crippen MR) is 65.8 cm³/mol. The third-order valence-corrected chi connectivity index (χ3v) is 3.54. The lowest BCUT2D eigenvalue weighted by Gasteiger charge is -2.13. The molecule has 0 aliphatic carbocycles. The molecular weight excluding hydrogens is 307 g/mol. The van der Waals surface area contributed by atoms with Crippen LogP contribution in [0, 0.1) is 5.82 Å². The van der Waals surface area contributed by atoms with Crippen LogP contribution in [0.3, 0.4) is 0 Å². The lowest BCUT2D eigenvalue weighted by Crippen LogP contribution is -2.21. The SMILES string of the molecule is COc1cc(F)ccc1NS(=O)(=O)CCC(F)(F)Cl. The molecule has 0 saturated carbocycles. The van der Waals surface area contributed by atoms with E-state index < -0.39 is 33.4 Å². The van der Waals surface area contributed by atoms with Gasteiger partial charge in [0, 0.05) is 12.5 Å². The number of halogens is 4. The Bertz CT molecular complexity index is 545. The topological polar surface area (TPSA) is 55.4 Å². The maximum Gasteiger partial charge on any atom is 0.322 e. The van der Waals surface area contributed by atoms with E-state index in [0.29, 0.717) is 0 Å². The smallest absolute Gasteiger partial charge is 0.322 e. The molecule has 0 saturated heterocycles. The van der Waals surface area contributed by atoms with E-state index >= 15 is 0 Å². The molecule has 1 rings (SSSR count). The average molecular weight is 318 g/mol. The van der Waals surface area contributed by atoms with Gasteiger partial charge in [-0.2, -0.15) is 8.78 Å². The number of methoxy groups -OCH3 is 1. The molecule has 0 amide bonds. The number of benzene rings is 1. The first-order valence-electron chi connectivity index (χ1n) is 5.04. The summed E-state index contributed by atoms with van der Waals surface area (Å²) in [5.74, 6) is -1.54. The van der Waals surface area contributed by atoms with Crippen LogP contribution < -0.4 is 9.46 Å². The number of sulfonamides is 1. The van der Waals surface area contributed by atoms with Gasteiger partial charge in [-0.05, 0) is 23.7 Å². The summed E-state index contributed by atoms with van der Waals surface area (Å²) in [6.07, 6.45) is -1.03. The number of nitrogens with one attached hydrogen (secondary N) is 1. The molecule has 1 N–H and O–H groups in total. The molecule has 9 heteroatoms. The summed E-state index contributed by atoms with van der Waals surface area (Å²) in [4.78, 5) is 0.